The zero-order chi connectivity index (χ0) is 27.0. The van der Waals surface area contributed by atoms with Crippen molar-refractivity contribution in [1.29, 1.82) is 0 Å². The summed E-state index contributed by atoms with van der Waals surface area (Å²) < 4.78 is 6.03. The Labute approximate surface area is 225 Å². The number of hydrogen-bond donors (Lipinski definition) is 3. The standard InChI is InChI=1S/C28H31ClN6O3/c1-16-5-7-30-11-21(16)26(36)32-17(2)13-35-15-28(3,4)38-14-24(35)27(37)34-22-10-18(29)9-20-19-6-8-31-12-23(19)33-25(20)22/h5-12,17,24,33H,13-15H2,1-4H3,(H,32,36)(H,34,37)/t17?,24-/m0/s1. The topological polar surface area (TPSA) is 112 Å². The number of carbonyl (C=O) groups is 2. The van der Waals surface area contributed by atoms with Gasteiger partial charge in [0.25, 0.3) is 5.91 Å². The van der Waals surface area contributed by atoms with Crippen molar-refractivity contribution in [2.45, 2.75) is 45.4 Å². The van der Waals surface area contributed by atoms with Gasteiger partial charge in [0.15, 0.2) is 0 Å². The largest absolute Gasteiger partial charge is 0.372 e. The molecule has 3 N–H and O–H groups in total. The molecule has 0 aliphatic carbocycles. The first-order valence-electron chi connectivity index (χ1n) is 12.6. The fourth-order valence-electron chi connectivity index (χ4n) is 5.02. The third kappa shape index (κ3) is 5.36. The Morgan fingerprint density at radius 2 is 1.97 bits per heavy atom. The summed E-state index contributed by atoms with van der Waals surface area (Å²) in [6.45, 7) is 9.02. The van der Waals surface area contributed by atoms with Crippen molar-refractivity contribution in [2.24, 2.45) is 0 Å². The Bertz CT molecular complexity index is 1520. The summed E-state index contributed by atoms with van der Waals surface area (Å²) in [5.74, 6) is -0.395. The molecule has 9 nitrogen and oxygen atoms in total. The fraction of sp³-hybridized carbons (Fsp3) is 0.357. The number of ether oxygens (including phenoxy) is 1. The summed E-state index contributed by atoms with van der Waals surface area (Å²) >= 11 is 6.43. The third-order valence-electron chi connectivity index (χ3n) is 6.86. The lowest BCUT2D eigenvalue weighted by molar-refractivity contribution is -0.143. The van der Waals surface area contributed by atoms with Crippen molar-refractivity contribution >= 4 is 50.9 Å². The van der Waals surface area contributed by atoms with E-state index in [0.717, 1.165) is 27.4 Å². The third-order valence-corrected chi connectivity index (χ3v) is 7.08. The fourth-order valence-corrected chi connectivity index (χ4v) is 5.24. The number of morpholine rings is 1. The number of carbonyl (C=O) groups excluding carboxylic acids is 2. The highest BCUT2D eigenvalue weighted by atomic mass is 35.5. The van der Waals surface area contributed by atoms with Crippen LogP contribution < -0.4 is 10.6 Å². The van der Waals surface area contributed by atoms with E-state index < -0.39 is 11.6 Å². The smallest absolute Gasteiger partial charge is 0.253 e. The second-order valence-electron chi connectivity index (χ2n) is 10.5. The Morgan fingerprint density at radius 1 is 1.21 bits per heavy atom. The van der Waals surface area contributed by atoms with Gasteiger partial charge in [-0.15, -0.1) is 0 Å². The lowest BCUT2D eigenvalue weighted by Gasteiger charge is -2.43. The van der Waals surface area contributed by atoms with Crippen molar-refractivity contribution in [3.05, 3.63) is 65.2 Å². The number of H-pyrrole nitrogens is 1. The van der Waals surface area contributed by atoms with Gasteiger partial charge in [0.1, 0.15) is 6.04 Å². The van der Waals surface area contributed by atoms with Crippen LogP contribution in [0.15, 0.2) is 49.1 Å². The normalized spacial score (nSPS) is 18.4. The summed E-state index contributed by atoms with van der Waals surface area (Å²) in [5.41, 5.74) is 3.19. The number of amides is 2. The lowest BCUT2D eigenvalue weighted by Crippen LogP contribution is -2.60. The van der Waals surface area contributed by atoms with Crippen molar-refractivity contribution in [3.8, 4) is 0 Å². The molecule has 1 saturated heterocycles. The van der Waals surface area contributed by atoms with E-state index in [2.05, 4.69) is 30.5 Å². The molecule has 1 aromatic carbocycles. The predicted octanol–water partition coefficient (Wildman–Crippen LogP) is 4.31. The average Bonchev–Trinajstić information content (AvgIpc) is 3.22. The lowest BCUT2D eigenvalue weighted by atomic mass is 10.0. The molecule has 0 radical (unpaired) electrons. The van der Waals surface area contributed by atoms with Gasteiger partial charge in [-0.3, -0.25) is 24.5 Å². The van der Waals surface area contributed by atoms with E-state index in [0.29, 0.717) is 29.4 Å². The first-order valence-corrected chi connectivity index (χ1v) is 12.9. The monoisotopic (exact) mass is 534 g/mol. The molecule has 2 amide bonds. The molecule has 0 spiro atoms. The number of aryl methyl sites for hydroxylation is 1. The number of fused-ring (bicyclic) bond motifs is 3. The van der Waals surface area contributed by atoms with Crippen LogP contribution in [0.25, 0.3) is 21.8 Å². The van der Waals surface area contributed by atoms with Crippen molar-refractivity contribution in [2.75, 3.05) is 25.0 Å². The minimum absolute atomic E-state index is 0.189. The maximum atomic E-state index is 13.6. The summed E-state index contributed by atoms with van der Waals surface area (Å²) in [5, 5.41) is 8.52. The highest BCUT2D eigenvalue weighted by Gasteiger charge is 2.38. The quantitative estimate of drug-likeness (QED) is 0.340. The van der Waals surface area contributed by atoms with Gasteiger partial charge in [0.2, 0.25) is 5.91 Å². The van der Waals surface area contributed by atoms with Crippen LogP contribution in [0.4, 0.5) is 5.69 Å². The summed E-state index contributed by atoms with van der Waals surface area (Å²) in [7, 11) is 0. The first-order chi connectivity index (χ1) is 18.1. The molecular formula is C28H31ClN6O3. The van der Waals surface area contributed by atoms with E-state index in [1.807, 2.05) is 39.8 Å². The van der Waals surface area contributed by atoms with E-state index in [-0.39, 0.29) is 24.5 Å². The van der Waals surface area contributed by atoms with Gasteiger partial charge in [0.05, 0.1) is 40.7 Å². The van der Waals surface area contributed by atoms with E-state index in [4.69, 9.17) is 16.3 Å². The van der Waals surface area contributed by atoms with Gasteiger partial charge < -0.3 is 20.4 Å². The molecule has 4 aromatic rings. The average molecular weight is 535 g/mol. The number of anilines is 1. The Kier molecular flexibility index (Phi) is 7.09. The molecule has 3 aromatic heterocycles. The van der Waals surface area contributed by atoms with Crippen LogP contribution in [-0.4, -0.2) is 69.0 Å². The molecule has 0 saturated carbocycles. The highest BCUT2D eigenvalue weighted by molar-refractivity contribution is 6.33. The molecule has 10 heteroatoms. The van der Waals surface area contributed by atoms with Crippen LogP contribution in [0.2, 0.25) is 5.02 Å². The molecule has 38 heavy (non-hydrogen) atoms. The van der Waals surface area contributed by atoms with Crippen LogP contribution in [0.5, 0.6) is 0 Å². The zero-order valence-electron chi connectivity index (χ0n) is 21.8. The van der Waals surface area contributed by atoms with Gasteiger partial charge in [0, 0.05) is 53.5 Å². The number of aromatic nitrogens is 3. The number of rotatable bonds is 6. The molecule has 1 fully saturated rings. The predicted molar refractivity (Wildman–Crippen MR) is 149 cm³/mol. The molecule has 2 atom stereocenters. The minimum Gasteiger partial charge on any atom is -0.372 e. The van der Waals surface area contributed by atoms with Crippen molar-refractivity contribution in [1.82, 2.24) is 25.2 Å². The molecule has 198 valence electrons. The second-order valence-corrected chi connectivity index (χ2v) is 10.9. The van der Waals surface area contributed by atoms with E-state index in [1.54, 1.807) is 36.9 Å². The van der Waals surface area contributed by atoms with Gasteiger partial charge >= 0.3 is 0 Å². The van der Waals surface area contributed by atoms with Crippen LogP contribution in [0.3, 0.4) is 0 Å². The number of pyridine rings is 2. The van der Waals surface area contributed by atoms with E-state index >= 15 is 0 Å². The van der Waals surface area contributed by atoms with Crippen LogP contribution >= 0.6 is 11.6 Å². The molecule has 0 bridgehead atoms. The van der Waals surface area contributed by atoms with Crippen molar-refractivity contribution < 1.29 is 14.3 Å². The van der Waals surface area contributed by atoms with Gasteiger partial charge in [-0.05, 0) is 57.5 Å². The zero-order valence-corrected chi connectivity index (χ0v) is 22.6. The molecule has 1 aliphatic rings. The Balaban J connectivity index is 1.36. The molecule has 1 unspecified atom stereocenters. The molecule has 5 rings (SSSR count). The van der Waals surface area contributed by atoms with E-state index in [9.17, 15) is 9.59 Å². The number of nitrogens with zero attached hydrogens (tertiary/aromatic N) is 3. The number of benzene rings is 1. The minimum atomic E-state index is -0.553. The maximum Gasteiger partial charge on any atom is 0.253 e. The summed E-state index contributed by atoms with van der Waals surface area (Å²) in [6, 6.07) is 6.56. The van der Waals surface area contributed by atoms with Crippen LogP contribution in [0.1, 0.15) is 36.7 Å². The molecule has 4 heterocycles. The van der Waals surface area contributed by atoms with E-state index in [1.165, 1.54) is 0 Å². The first kappa shape index (κ1) is 26.1. The van der Waals surface area contributed by atoms with Crippen LogP contribution in [0, 0.1) is 6.92 Å². The number of halogens is 1. The van der Waals surface area contributed by atoms with Gasteiger partial charge in [-0.25, -0.2) is 0 Å². The number of nitrogens with one attached hydrogen (secondary N) is 3. The van der Waals surface area contributed by atoms with Crippen molar-refractivity contribution in [3.63, 3.8) is 0 Å². The summed E-state index contributed by atoms with van der Waals surface area (Å²) in [4.78, 5) is 40.1. The maximum absolute atomic E-state index is 13.6. The summed E-state index contributed by atoms with van der Waals surface area (Å²) in [6.07, 6.45) is 6.70. The molecule has 1 aliphatic heterocycles. The number of aromatic amines is 1. The Morgan fingerprint density at radius 3 is 2.76 bits per heavy atom. The van der Waals surface area contributed by atoms with Crippen LogP contribution in [-0.2, 0) is 9.53 Å². The molecular weight excluding hydrogens is 504 g/mol. The number of hydrogen-bond acceptors (Lipinski definition) is 6. The SMILES string of the molecule is Cc1ccncc1C(=O)NC(C)CN1CC(C)(C)OC[C@H]1C(=O)Nc1cc(Cl)cc2c1[nH]c1cnccc12. The van der Waals surface area contributed by atoms with Gasteiger partial charge in [-0.1, -0.05) is 11.6 Å². The van der Waals surface area contributed by atoms with Gasteiger partial charge in [-0.2, -0.15) is 0 Å². The second kappa shape index (κ2) is 10.3. The Hall–Kier alpha value is -3.53. The highest BCUT2D eigenvalue weighted by Crippen LogP contribution is 2.33.